The Morgan fingerprint density at radius 3 is 2.20 bits per heavy atom. The first-order valence-corrected chi connectivity index (χ1v) is 8.35. The zero-order valence-corrected chi connectivity index (χ0v) is 15.2. The first-order valence-electron chi connectivity index (χ1n) is 6.33. The zero-order chi connectivity index (χ0) is 14.7. The van der Waals surface area contributed by atoms with Crippen molar-refractivity contribution >= 4 is 43.5 Å². The molecule has 0 radical (unpaired) electrons. The van der Waals surface area contributed by atoms with Gasteiger partial charge in [0.25, 0.3) is 0 Å². The third kappa shape index (κ3) is 4.00. The Morgan fingerprint density at radius 2 is 1.65 bits per heavy atom. The molecule has 2 aromatic rings. The van der Waals surface area contributed by atoms with E-state index in [1.165, 1.54) is 0 Å². The summed E-state index contributed by atoms with van der Waals surface area (Å²) in [7, 11) is 0. The van der Waals surface area contributed by atoms with Gasteiger partial charge in [-0.05, 0) is 49.2 Å². The van der Waals surface area contributed by atoms with Crippen LogP contribution in [-0.2, 0) is 0 Å². The molecule has 0 aromatic heterocycles. The topological polar surface area (TPSA) is 9.23 Å². The maximum Gasteiger partial charge on any atom is 0.119 e. The SMILES string of the molecule is CC(C)Oc1ccc(C(Cl)c2ccc(Br)cc2Br)cc1. The van der Waals surface area contributed by atoms with Crippen LogP contribution < -0.4 is 4.74 Å². The van der Waals surface area contributed by atoms with Crippen LogP contribution in [0.3, 0.4) is 0 Å². The summed E-state index contributed by atoms with van der Waals surface area (Å²) >= 11 is 13.6. The molecule has 1 unspecified atom stereocenters. The standard InChI is InChI=1S/C16H15Br2ClO/c1-10(2)20-13-6-3-11(4-7-13)16(19)14-8-5-12(17)9-15(14)18/h3-10,16H,1-2H3. The molecule has 0 spiro atoms. The molecule has 0 heterocycles. The second kappa shape index (κ2) is 6.97. The van der Waals surface area contributed by atoms with Gasteiger partial charge >= 0.3 is 0 Å². The van der Waals surface area contributed by atoms with Crippen LogP contribution in [0.15, 0.2) is 51.4 Å². The highest BCUT2D eigenvalue weighted by Gasteiger charge is 2.14. The maximum atomic E-state index is 6.56. The lowest BCUT2D eigenvalue weighted by molar-refractivity contribution is 0.242. The molecule has 106 valence electrons. The Labute approximate surface area is 141 Å². The minimum Gasteiger partial charge on any atom is -0.491 e. The molecule has 2 rings (SSSR count). The van der Waals surface area contributed by atoms with Gasteiger partial charge in [-0.2, -0.15) is 0 Å². The lowest BCUT2D eigenvalue weighted by atomic mass is 10.0. The third-order valence-electron chi connectivity index (χ3n) is 2.78. The van der Waals surface area contributed by atoms with Gasteiger partial charge in [0.05, 0.1) is 11.5 Å². The largest absolute Gasteiger partial charge is 0.491 e. The summed E-state index contributed by atoms with van der Waals surface area (Å²) in [6.07, 6.45) is 0.174. The summed E-state index contributed by atoms with van der Waals surface area (Å²) in [5.74, 6) is 0.863. The summed E-state index contributed by atoms with van der Waals surface area (Å²) in [4.78, 5) is 0. The molecule has 4 heteroatoms. The summed E-state index contributed by atoms with van der Waals surface area (Å²) < 4.78 is 7.66. The molecule has 1 nitrogen and oxygen atoms in total. The summed E-state index contributed by atoms with van der Waals surface area (Å²) in [5, 5.41) is -0.189. The molecular formula is C16H15Br2ClO. The molecule has 0 aliphatic heterocycles. The molecule has 0 bridgehead atoms. The maximum absolute atomic E-state index is 6.56. The molecule has 2 aromatic carbocycles. The molecule has 0 N–H and O–H groups in total. The van der Waals surface area contributed by atoms with E-state index < -0.39 is 0 Å². The van der Waals surface area contributed by atoms with E-state index in [1.54, 1.807) is 0 Å². The van der Waals surface area contributed by atoms with Crippen LogP contribution in [0.25, 0.3) is 0 Å². The molecule has 0 fully saturated rings. The minimum absolute atomic E-state index is 0.174. The predicted octanol–water partition coefficient (Wildman–Crippen LogP) is 6.33. The number of hydrogen-bond donors (Lipinski definition) is 0. The molecule has 0 aliphatic rings. The van der Waals surface area contributed by atoms with Crippen molar-refractivity contribution < 1.29 is 4.74 Å². The fourth-order valence-electron chi connectivity index (χ4n) is 1.87. The van der Waals surface area contributed by atoms with Crippen LogP contribution in [0.4, 0.5) is 0 Å². The van der Waals surface area contributed by atoms with Gasteiger partial charge in [-0.25, -0.2) is 0 Å². The summed E-state index contributed by atoms with van der Waals surface area (Å²) in [5.41, 5.74) is 2.10. The van der Waals surface area contributed by atoms with Crippen molar-refractivity contribution in [3.05, 3.63) is 62.5 Å². The van der Waals surface area contributed by atoms with Gasteiger partial charge in [-0.15, -0.1) is 11.6 Å². The summed E-state index contributed by atoms with van der Waals surface area (Å²) in [6.45, 7) is 4.02. The lowest BCUT2D eigenvalue weighted by Crippen LogP contribution is -2.05. The Kier molecular flexibility index (Phi) is 5.53. The first-order chi connectivity index (χ1) is 9.47. The van der Waals surface area contributed by atoms with E-state index in [9.17, 15) is 0 Å². The second-order valence-electron chi connectivity index (χ2n) is 4.76. The van der Waals surface area contributed by atoms with E-state index in [4.69, 9.17) is 16.3 Å². The number of alkyl halides is 1. The van der Waals surface area contributed by atoms with Gasteiger partial charge < -0.3 is 4.74 Å². The third-order valence-corrected chi connectivity index (χ3v) is 4.45. The fourth-order valence-corrected chi connectivity index (χ4v) is 3.62. The monoisotopic (exact) mass is 416 g/mol. The van der Waals surface area contributed by atoms with Crippen LogP contribution >= 0.6 is 43.5 Å². The van der Waals surface area contributed by atoms with Crippen LogP contribution in [0.2, 0.25) is 0 Å². The van der Waals surface area contributed by atoms with Gasteiger partial charge in [0.1, 0.15) is 5.75 Å². The molecule has 0 saturated carbocycles. The Balaban J connectivity index is 2.22. The number of hydrogen-bond acceptors (Lipinski definition) is 1. The van der Waals surface area contributed by atoms with Crippen LogP contribution in [0.5, 0.6) is 5.75 Å². The van der Waals surface area contributed by atoms with Crippen molar-refractivity contribution in [2.75, 3.05) is 0 Å². The quantitative estimate of drug-likeness (QED) is 0.528. The van der Waals surface area contributed by atoms with Gasteiger partial charge in [-0.3, -0.25) is 0 Å². The minimum atomic E-state index is -0.189. The van der Waals surface area contributed by atoms with E-state index >= 15 is 0 Å². The number of halogens is 3. The average molecular weight is 419 g/mol. The highest BCUT2D eigenvalue weighted by Crippen LogP contribution is 2.35. The van der Waals surface area contributed by atoms with Crippen molar-refractivity contribution in [3.8, 4) is 5.75 Å². The predicted molar refractivity (Wildman–Crippen MR) is 91.7 cm³/mol. The molecular weight excluding hydrogens is 403 g/mol. The molecule has 0 saturated heterocycles. The summed E-state index contributed by atoms with van der Waals surface area (Å²) in [6, 6.07) is 13.9. The molecule has 20 heavy (non-hydrogen) atoms. The van der Waals surface area contributed by atoms with E-state index in [2.05, 4.69) is 31.9 Å². The fraction of sp³-hybridized carbons (Fsp3) is 0.250. The van der Waals surface area contributed by atoms with Gasteiger partial charge in [-0.1, -0.05) is 50.1 Å². The molecule has 0 amide bonds. The van der Waals surface area contributed by atoms with E-state index in [0.29, 0.717) is 0 Å². The van der Waals surface area contributed by atoms with Crippen molar-refractivity contribution in [1.82, 2.24) is 0 Å². The van der Waals surface area contributed by atoms with E-state index in [-0.39, 0.29) is 11.5 Å². The number of ether oxygens (including phenoxy) is 1. The van der Waals surface area contributed by atoms with Crippen LogP contribution in [0.1, 0.15) is 30.4 Å². The normalized spacial score (nSPS) is 12.5. The first kappa shape index (κ1) is 15.9. The lowest BCUT2D eigenvalue weighted by Gasteiger charge is -2.14. The zero-order valence-electron chi connectivity index (χ0n) is 11.2. The van der Waals surface area contributed by atoms with Crippen molar-refractivity contribution in [2.45, 2.75) is 25.3 Å². The van der Waals surface area contributed by atoms with Crippen molar-refractivity contribution in [1.29, 1.82) is 0 Å². The molecule has 0 aliphatic carbocycles. The number of rotatable bonds is 4. The van der Waals surface area contributed by atoms with E-state index in [1.807, 2.05) is 56.3 Å². The second-order valence-corrected chi connectivity index (χ2v) is 6.97. The molecule has 1 atom stereocenters. The van der Waals surface area contributed by atoms with Crippen molar-refractivity contribution in [2.24, 2.45) is 0 Å². The highest BCUT2D eigenvalue weighted by atomic mass is 79.9. The van der Waals surface area contributed by atoms with Gasteiger partial charge in [0, 0.05) is 8.95 Å². The van der Waals surface area contributed by atoms with Crippen molar-refractivity contribution in [3.63, 3.8) is 0 Å². The van der Waals surface area contributed by atoms with Gasteiger partial charge in [0.2, 0.25) is 0 Å². The van der Waals surface area contributed by atoms with E-state index in [0.717, 1.165) is 25.8 Å². The van der Waals surface area contributed by atoms with Crippen LogP contribution in [0, 0.1) is 0 Å². The Morgan fingerprint density at radius 1 is 1.00 bits per heavy atom. The average Bonchev–Trinajstić information content (AvgIpc) is 2.38. The highest BCUT2D eigenvalue weighted by molar-refractivity contribution is 9.11. The Hall–Kier alpha value is -0.510. The smallest absolute Gasteiger partial charge is 0.119 e. The van der Waals surface area contributed by atoms with Crippen LogP contribution in [-0.4, -0.2) is 6.10 Å². The Bertz CT molecular complexity index is 582. The number of benzene rings is 2. The van der Waals surface area contributed by atoms with Gasteiger partial charge in [0.15, 0.2) is 0 Å².